The lowest BCUT2D eigenvalue weighted by Gasteiger charge is -2.08. The van der Waals surface area contributed by atoms with Crippen LogP contribution in [-0.2, 0) is 17.8 Å². The minimum Gasteiger partial charge on any atom is -0.354 e. The first-order valence-corrected chi connectivity index (χ1v) is 8.44. The maximum atomic E-state index is 12.3. The summed E-state index contributed by atoms with van der Waals surface area (Å²) in [6.45, 7) is 3.38. The number of aromatic nitrogens is 3. The fourth-order valence-corrected chi connectivity index (χ4v) is 3.21. The predicted octanol–water partition coefficient (Wildman–Crippen LogP) is 2.96. The number of amides is 1. The van der Waals surface area contributed by atoms with Crippen LogP contribution in [0.1, 0.15) is 11.3 Å². The third-order valence-electron chi connectivity index (χ3n) is 4.50. The van der Waals surface area contributed by atoms with Gasteiger partial charge in [-0.3, -0.25) is 4.79 Å². The van der Waals surface area contributed by atoms with E-state index in [1.54, 1.807) is 6.20 Å². The molecule has 3 aromatic heterocycles. The predicted molar refractivity (Wildman–Crippen MR) is 98.6 cm³/mol. The summed E-state index contributed by atoms with van der Waals surface area (Å²) >= 11 is 0. The number of fused-ring (bicyclic) bond motifs is 2. The van der Waals surface area contributed by atoms with E-state index in [-0.39, 0.29) is 5.91 Å². The number of nitrogens with one attached hydrogen (secondary N) is 1. The number of nitrogens with zero attached hydrogens (tertiary/aromatic N) is 3. The quantitative estimate of drug-likeness (QED) is 0.611. The molecule has 0 saturated carbocycles. The summed E-state index contributed by atoms with van der Waals surface area (Å²) in [5, 5.41) is 4.22. The Bertz CT molecular complexity index is 1040. The van der Waals surface area contributed by atoms with E-state index in [1.165, 1.54) is 10.9 Å². The van der Waals surface area contributed by atoms with E-state index in [2.05, 4.69) is 39.3 Å². The Balaban J connectivity index is 1.38. The van der Waals surface area contributed by atoms with Gasteiger partial charge in [0.2, 0.25) is 5.91 Å². The molecule has 0 atom stereocenters. The van der Waals surface area contributed by atoms with Crippen LogP contribution in [0.5, 0.6) is 0 Å². The van der Waals surface area contributed by atoms with Gasteiger partial charge in [0.1, 0.15) is 5.65 Å². The zero-order chi connectivity index (χ0) is 17.2. The third-order valence-corrected chi connectivity index (χ3v) is 4.50. The van der Waals surface area contributed by atoms with Gasteiger partial charge in [-0.2, -0.15) is 0 Å². The normalized spacial score (nSPS) is 11.2. The second-order valence-corrected chi connectivity index (χ2v) is 6.23. The molecule has 0 bridgehead atoms. The number of benzene rings is 1. The Morgan fingerprint density at radius 1 is 1.12 bits per heavy atom. The van der Waals surface area contributed by atoms with Crippen LogP contribution in [-0.4, -0.2) is 26.4 Å². The third kappa shape index (κ3) is 3.01. The van der Waals surface area contributed by atoms with E-state index in [4.69, 9.17) is 0 Å². The van der Waals surface area contributed by atoms with Crippen molar-refractivity contribution in [3.05, 3.63) is 72.3 Å². The number of hydrogen-bond donors (Lipinski definition) is 1. The Labute approximate surface area is 145 Å². The van der Waals surface area contributed by atoms with Crippen LogP contribution in [0.2, 0.25) is 0 Å². The first-order chi connectivity index (χ1) is 12.2. The zero-order valence-electron chi connectivity index (χ0n) is 14.1. The summed E-state index contributed by atoms with van der Waals surface area (Å²) in [5.41, 5.74) is 4.11. The summed E-state index contributed by atoms with van der Waals surface area (Å²) in [6.07, 6.45) is 6.12. The minimum absolute atomic E-state index is 0.0137. The molecule has 0 aliphatic heterocycles. The molecule has 5 heteroatoms. The van der Waals surface area contributed by atoms with Gasteiger partial charge in [-0.1, -0.05) is 24.3 Å². The number of para-hydroxylation sites is 1. The number of carbonyl (C=O) groups excluding carboxylic acids is 1. The number of rotatable bonds is 5. The summed E-state index contributed by atoms with van der Waals surface area (Å²) in [5.74, 6) is 0.0137. The fraction of sp³-hybridized carbons (Fsp3) is 0.200. The molecule has 1 N–H and O–H groups in total. The number of pyridine rings is 1. The van der Waals surface area contributed by atoms with Crippen LogP contribution in [0.25, 0.3) is 16.6 Å². The Kier molecular flexibility index (Phi) is 3.98. The average Bonchev–Trinajstić information content (AvgIpc) is 3.21. The van der Waals surface area contributed by atoms with Crippen LogP contribution in [0.3, 0.4) is 0 Å². The fourth-order valence-electron chi connectivity index (χ4n) is 3.21. The molecule has 3 heterocycles. The smallest absolute Gasteiger partial charge is 0.226 e. The van der Waals surface area contributed by atoms with Crippen LogP contribution >= 0.6 is 0 Å². The molecule has 0 spiro atoms. The molecule has 0 unspecified atom stereocenters. The lowest BCUT2D eigenvalue weighted by atomic mass is 10.2. The molecule has 0 aliphatic rings. The second-order valence-electron chi connectivity index (χ2n) is 6.23. The van der Waals surface area contributed by atoms with E-state index in [9.17, 15) is 4.79 Å². The van der Waals surface area contributed by atoms with Crippen LogP contribution < -0.4 is 5.32 Å². The van der Waals surface area contributed by atoms with Crippen molar-refractivity contribution in [3.8, 4) is 0 Å². The Morgan fingerprint density at radius 2 is 2.00 bits per heavy atom. The lowest BCUT2D eigenvalue weighted by molar-refractivity contribution is -0.120. The van der Waals surface area contributed by atoms with Crippen molar-refractivity contribution in [1.29, 1.82) is 0 Å². The van der Waals surface area contributed by atoms with Crippen LogP contribution in [0, 0.1) is 6.92 Å². The van der Waals surface area contributed by atoms with E-state index in [0.717, 1.165) is 23.4 Å². The van der Waals surface area contributed by atoms with Gasteiger partial charge in [-0.05, 0) is 36.1 Å². The van der Waals surface area contributed by atoms with Crippen molar-refractivity contribution in [2.45, 2.75) is 19.9 Å². The summed E-state index contributed by atoms with van der Waals surface area (Å²) < 4.78 is 4.14. The van der Waals surface area contributed by atoms with Gasteiger partial charge in [-0.25, -0.2) is 4.98 Å². The number of aryl methyl sites for hydroxylation is 1. The molecule has 0 aliphatic carbocycles. The summed E-state index contributed by atoms with van der Waals surface area (Å²) in [6, 6.07) is 14.3. The zero-order valence-corrected chi connectivity index (χ0v) is 14.1. The molecule has 5 nitrogen and oxygen atoms in total. The molecular formula is C20H20N4O. The van der Waals surface area contributed by atoms with E-state index in [0.29, 0.717) is 13.0 Å². The van der Waals surface area contributed by atoms with Gasteiger partial charge in [-0.15, -0.1) is 0 Å². The lowest BCUT2D eigenvalue weighted by Crippen LogP contribution is -2.28. The van der Waals surface area contributed by atoms with E-state index >= 15 is 0 Å². The van der Waals surface area contributed by atoms with Crippen molar-refractivity contribution in [2.75, 3.05) is 6.54 Å². The standard InChI is InChI=1S/C20H20N4O/c1-15-5-4-10-24-17(14-22-20(15)24)13-19(25)21-9-12-23-11-8-16-6-2-3-7-18(16)23/h2-8,10-11,14H,9,12-13H2,1H3,(H,21,25). The van der Waals surface area contributed by atoms with Gasteiger partial charge in [0.05, 0.1) is 12.1 Å². The van der Waals surface area contributed by atoms with E-state index < -0.39 is 0 Å². The van der Waals surface area contributed by atoms with Crippen molar-refractivity contribution in [2.24, 2.45) is 0 Å². The highest BCUT2D eigenvalue weighted by Gasteiger charge is 2.09. The molecule has 0 radical (unpaired) electrons. The minimum atomic E-state index is 0.0137. The maximum Gasteiger partial charge on any atom is 0.226 e. The first-order valence-electron chi connectivity index (χ1n) is 8.44. The van der Waals surface area contributed by atoms with Crippen molar-refractivity contribution >= 4 is 22.5 Å². The average molecular weight is 332 g/mol. The molecule has 126 valence electrons. The number of imidazole rings is 1. The molecule has 0 saturated heterocycles. The highest BCUT2D eigenvalue weighted by molar-refractivity contribution is 5.80. The van der Waals surface area contributed by atoms with Gasteiger partial charge in [0, 0.05) is 37.2 Å². The molecule has 1 amide bonds. The molecule has 25 heavy (non-hydrogen) atoms. The molecule has 4 rings (SSSR count). The highest BCUT2D eigenvalue weighted by Crippen LogP contribution is 2.14. The largest absolute Gasteiger partial charge is 0.354 e. The monoisotopic (exact) mass is 332 g/mol. The molecular weight excluding hydrogens is 312 g/mol. The van der Waals surface area contributed by atoms with Crippen molar-refractivity contribution in [1.82, 2.24) is 19.3 Å². The topological polar surface area (TPSA) is 51.3 Å². The molecule has 1 aromatic carbocycles. The Hall–Kier alpha value is -3.08. The van der Waals surface area contributed by atoms with Gasteiger partial charge < -0.3 is 14.3 Å². The maximum absolute atomic E-state index is 12.3. The molecule has 0 fully saturated rings. The van der Waals surface area contributed by atoms with Gasteiger partial charge in [0.15, 0.2) is 0 Å². The van der Waals surface area contributed by atoms with Gasteiger partial charge in [0.25, 0.3) is 0 Å². The first kappa shape index (κ1) is 15.4. The summed E-state index contributed by atoms with van der Waals surface area (Å²) in [7, 11) is 0. The van der Waals surface area contributed by atoms with Gasteiger partial charge >= 0.3 is 0 Å². The SMILES string of the molecule is Cc1cccn2c(CC(=O)NCCn3ccc4ccccc43)cnc12. The highest BCUT2D eigenvalue weighted by atomic mass is 16.1. The Morgan fingerprint density at radius 3 is 2.92 bits per heavy atom. The second kappa shape index (κ2) is 6.43. The number of hydrogen-bond acceptors (Lipinski definition) is 2. The van der Waals surface area contributed by atoms with E-state index in [1.807, 2.05) is 41.8 Å². The van der Waals surface area contributed by atoms with Crippen molar-refractivity contribution < 1.29 is 4.79 Å². The van der Waals surface area contributed by atoms with Crippen LogP contribution in [0.15, 0.2) is 61.1 Å². The van der Waals surface area contributed by atoms with Crippen molar-refractivity contribution in [3.63, 3.8) is 0 Å². The van der Waals surface area contributed by atoms with Crippen LogP contribution in [0.4, 0.5) is 0 Å². The summed E-state index contributed by atoms with van der Waals surface area (Å²) in [4.78, 5) is 16.7. The number of carbonyl (C=O) groups is 1. The molecule has 4 aromatic rings.